The van der Waals surface area contributed by atoms with Crippen molar-refractivity contribution in [2.24, 2.45) is 0 Å². The van der Waals surface area contributed by atoms with Crippen molar-refractivity contribution in [1.29, 1.82) is 5.41 Å². The topological polar surface area (TPSA) is 73.6 Å². The van der Waals surface area contributed by atoms with Gasteiger partial charge in [-0.2, -0.15) is 0 Å². The standard InChI is InChI=1S/C11H14ClN3O/c1-3-11(16,7-8(2)13)15-10-9(12)5-4-6-14-10/h3-6,13,16H,1,7H2,2H3,(H,14,15)/p+1. The Bertz CT molecular complexity index is 408. The SMILES string of the molecule is C=CC(O)(CC(C)=N)[NH2+]c1ncccc1Cl. The number of hydrogen-bond acceptors (Lipinski definition) is 3. The molecular formula is C11H15ClN3O+. The van der Waals surface area contributed by atoms with Crippen molar-refractivity contribution in [1.82, 2.24) is 4.98 Å². The summed E-state index contributed by atoms with van der Waals surface area (Å²) in [7, 11) is 0. The summed E-state index contributed by atoms with van der Waals surface area (Å²) in [5, 5.41) is 19.5. The van der Waals surface area contributed by atoms with Crippen LogP contribution in [0.4, 0.5) is 5.82 Å². The van der Waals surface area contributed by atoms with E-state index >= 15 is 0 Å². The van der Waals surface area contributed by atoms with Crippen molar-refractivity contribution >= 4 is 23.1 Å². The van der Waals surface area contributed by atoms with Gasteiger partial charge in [0.15, 0.2) is 0 Å². The van der Waals surface area contributed by atoms with Crippen molar-refractivity contribution in [2.75, 3.05) is 0 Å². The minimum Gasteiger partial charge on any atom is -0.339 e. The number of hydrogen-bond donors (Lipinski definition) is 3. The molecule has 0 aliphatic heterocycles. The Balaban J connectivity index is 2.89. The van der Waals surface area contributed by atoms with Gasteiger partial charge in [-0.1, -0.05) is 18.2 Å². The molecular weight excluding hydrogens is 226 g/mol. The van der Waals surface area contributed by atoms with E-state index in [1.807, 2.05) is 0 Å². The molecule has 1 atom stereocenters. The number of aliphatic hydroxyl groups is 1. The first-order valence-corrected chi connectivity index (χ1v) is 5.21. The zero-order chi connectivity index (χ0) is 12.2. The molecule has 0 radical (unpaired) electrons. The molecule has 1 heterocycles. The molecule has 4 N–H and O–H groups in total. The highest BCUT2D eigenvalue weighted by Gasteiger charge is 2.29. The number of nitrogens with one attached hydrogen (secondary N) is 1. The second-order valence-corrected chi connectivity index (χ2v) is 4.07. The van der Waals surface area contributed by atoms with Crippen LogP contribution in [0.15, 0.2) is 31.0 Å². The lowest BCUT2D eigenvalue weighted by Crippen LogP contribution is -2.92. The minimum absolute atomic E-state index is 0.184. The third kappa shape index (κ3) is 3.41. The minimum atomic E-state index is -1.27. The first-order valence-electron chi connectivity index (χ1n) is 4.83. The normalized spacial score (nSPS) is 14.2. The average Bonchev–Trinajstić information content (AvgIpc) is 2.20. The van der Waals surface area contributed by atoms with Crippen LogP contribution in [-0.2, 0) is 0 Å². The first kappa shape index (κ1) is 12.8. The quantitative estimate of drug-likeness (QED) is 0.412. The number of aromatic nitrogens is 1. The number of pyridine rings is 1. The zero-order valence-corrected chi connectivity index (χ0v) is 9.83. The Morgan fingerprint density at radius 1 is 1.81 bits per heavy atom. The molecule has 0 bridgehead atoms. The highest BCUT2D eigenvalue weighted by Crippen LogP contribution is 2.14. The molecule has 1 unspecified atom stereocenters. The average molecular weight is 241 g/mol. The fourth-order valence-corrected chi connectivity index (χ4v) is 1.52. The van der Waals surface area contributed by atoms with Crippen LogP contribution in [0, 0.1) is 5.41 Å². The van der Waals surface area contributed by atoms with E-state index < -0.39 is 5.72 Å². The van der Waals surface area contributed by atoms with Gasteiger partial charge in [0.2, 0.25) is 11.5 Å². The van der Waals surface area contributed by atoms with Gasteiger partial charge in [-0.25, -0.2) is 4.98 Å². The van der Waals surface area contributed by atoms with Crippen LogP contribution >= 0.6 is 11.6 Å². The predicted octanol–water partition coefficient (Wildman–Crippen LogP) is 1.23. The van der Waals surface area contributed by atoms with Gasteiger partial charge in [-0.3, -0.25) is 5.32 Å². The molecule has 0 spiro atoms. The Kier molecular flexibility index (Phi) is 4.18. The Morgan fingerprint density at radius 3 is 3.00 bits per heavy atom. The summed E-state index contributed by atoms with van der Waals surface area (Å²) < 4.78 is 0. The van der Waals surface area contributed by atoms with E-state index in [1.165, 1.54) is 11.4 Å². The molecule has 0 aromatic carbocycles. The molecule has 4 nitrogen and oxygen atoms in total. The Hall–Kier alpha value is -1.23. The molecule has 1 rings (SSSR count). The summed E-state index contributed by atoms with van der Waals surface area (Å²) >= 11 is 5.93. The predicted molar refractivity (Wildman–Crippen MR) is 64.0 cm³/mol. The number of halogens is 1. The van der Waals surface area contributed by atoms with E-state index in [4.69, 9.17) is 17.0 Å². The number of rotatable bonds is 5. The van der Waals surface area contributed by atoms with Crippen molar-refractivity contribution in [2.45, 2.75) is 19.1 Å². The van der Waals surface area contributed by atoms with Crippen LogP contribution in [0.1, 0.15) is 13.3 Å². The van der Waals surface area contributed by atoms with Crippen molar-refractivity contribution in [3.8, 4) is 0 Å². The molecule has 0 saturated heterocycles. The lowest BCUT2D eigenvalue weighted by atomic mass is 10.1. The first-order chi connectivity index (χ1) is 7.47. The third-order valence-corrected chi connectivity index (χ3v) is 2.40. The van der Waals surface area contributed by atoms with Gasteiger partial charge in [-0.15, -0.1) is 0 Å². The Labute approximate surface area is 99.5 Å². The van der Waals surface area contributed by atoms with E-state index in [0.717, 1.165) is 0 Å². The fraction of sp³-hybridized carbons (Fsp3) is 0.273. The molecule has 0 saturated carbocycles. The third-order valence-electron chi connectivity index (χ3n) is 2.08. The maximum Gasteiger partial charge on any atom is 0.245 e. The summed E-state index contributed by atoms with van der Waals surface area (Å²) in [6.07, 6.45) is 3.16. The van der Waals surface area contributed by atoms with Crippen LogP contribution in [0.2, 0.25) is 5.02 Å². The summed E-state index contributed by atoms with van der Waals surface area (Å²) in [5.74, 6) is 0.493. The second-order valence-electron chi connectivity index (χ2n) is 3.67. The van der Waals surface area contributed by atoms with Gasteiger partial charge in [0.25, 0.3) is 0 Å². The number of quaternary nitrogens is 1. The van der Waals surface area contributed by atoms with Gasteiger partial charge >= 0.3 is 0 Å². The van der Waals surface area contributed by atoms with Crippen LogP contribution in [0.25, 0.3) is 0 Å². The summed E-state index contributed by atoms with van der Waals surface area (Å²) in [6.45, 7) is 5.19. The van der Waals surface area contributed by atoms with E-state index in [0.29, 0.717) is 16.6 Å². The van der Waals surface area contributed by atoms with Gasteiger partial charge in [0.1, 0.15) is 5.02 Å². The maximum atomic E-state index is 10.2. The highest BCUT2D eigenvalue weighted by atomic mass is 35.5. The molecule has 0 fully saturated rings. The fourth-order valence-electron chi connectivity index (χ4n) is 1.35. The van der Waals surface area contributed by atoms with Crippen LogP contribution in [0.3, 0.4) is 0 Å². The molecule has 1 aromatic rings. The maximum absolute atomic E-state index is 10.2. The lowest BCUT2D eigenvalue weighted by molar-refractivity contribution is -0.688. The molecule has 16 heavy (non-hydrogen) atoms. The van der Waals surface area contributed by atoms with Crippen molar-refractivity contribution in [3.05, 3.63) is 36.0 Å². The van der Waals surface area contributed by atoms with Gasteiger partial charge in [0.05, 0.1) is 6.42 Å². The highest BCUT2D eigenvalue weighted by molar-refractivity contribution is 6.32. The van der Waals surface area contributed by atoms with E-state index in [2.05, 4.69) is 11.6 Å². The van der Waals surface area contributed by atoms with Crippen molar-refractivity contribution in [3.63, 3.8) is 0 Å². The van der Waals surface area contributed by atoms with Crippen LogP contribution < -0.4 is 5.32 Å². The van der Waals surface area contributed by atoms with E-state index in [9.17, 15) is 5.11 Å². The largest absolute Gasteiger partial charge is 0.339 e. The van der Waals surface area contributed by atoms with Crippen LogP contribution in [0.5, 0.6) is 0 Å². The van der Waals surface area contributed by atoms with Crippen LogP contribution in [-0.4, -0.2) is 21.5 Å². The van der Waals surface area contributed by atoms with Gasteiger partial charge in [0, 0.05) is 11.9 Å². The molecule has 1 aromatic heterocycles. The molecule has 5 heteroatoms. The molecule has 86 valence electrons. The molecule has 0 aliphatic carbocycles. The van der Waals surface area contributed by atoms with Crippen molar-refractivity contribution < 1.29 is 10.4 Å². The molecule has 0 aliphatic rings. The number of nitrogens with zero attached hydrogens (tertiary/aromatic N) is 1. The Morgan fingerprint density at radius 2 is 2.50 bits per heavy atom. The van der Waals surface area contributed by atoms with Gasteiger partial charge < -0.3 is 10.5 Å². The van der Waals surface area contributed by atoms with E-state index in [1.54, 1.807) is 25.3 Å². The van der Waals surface area contributed by atoms with Gasteiger partial charge in [-0.05, 0) is 25.1 Å². The smallest absolute Gasteiger partial charge is 0.245 e. The summed E-state index contributed by atoms with van der Waals surface area (Å²) in [5.41, 5.74) is -0.908. The number of nitrogens with two attached hydrogens (primary N) is 1. The second kappa shape index (κ2) is 5.21. The monoisotopic (exact) mass is 240 g/mol. The van der Waals surface area contributed by atoms with E-state index in [-0.39, 0.29) is 6.42 Å². The molecule has 0 amide bonds. The zero-order valence-electron chi connectivity index (χ0n) is 9.07. The summed E-state index contributed by atoms with van der Waals surface area (Å²) in [4.78, 5) is 4.05. The summed E-state index contributed by atoms with van der Waals surface area (Å²) in [6, 6.07) is 3.41. The lowest BCUT2D eigenvalue weighted by Gasteiger charge is -2.20.